The molecular weight excluding hydrogens is 136 g/mol. The van der Waals surface area contributed by atoms with E-state index >= 15 is 0 Å². The molecule has 0 bridgehead atoms. The lowest BCUT2D eigenvalue weighted by atomic mass is 10.3. The molecule has 8 N–H and O–H groups in total. The van der Waals surface area contributed by atoms with Crippen molar-refractivity contribution in [2.75, 3.05) is 6.54 Å². The second-order valence-electron chi connectivity index (χ2n) is 1.85. The van der Waals surface area contributed by atoms with Gasteiger partial charge in [0, 0.05) is 0 Å². The minimum Gasteiger partial charge on any atom is -0.544 e. The van der Waals surface area contributed by atoms with Gasteiger partial charge in [-0.25, -0.2) is 0 Å². The number of aliphatic carboxylic acids is 1. The van der Waals surface area contributed by atoms with Crippen molar-refractivity contribution in [1.29, 1.82) is 0 Å². The summed E-state index contributed by atoms with van der Waals surface area (Å²) in [6.07, 6.45) is 0. The standard InChI is InChI=1S/C4H10N4O2/c5-2(3(9)10)1-8-4(6)7/h2H,1,5H2,(H,9,10)(H4,6,7,8)/p+1. The molecule has 0 aromatic heterocycles. The molecule has 10 heavy (non-hydrogen) atoms. The van der Waals surface area contributed by atoms with Crippen LogP contribution in [0.2, 0.25) is 0 Å². The summed E-state index contributed by atoms with van der Waals surface area (Å²) in [5, 5.41) is 10.0. The van der Waals surface area contributed by atoms with Gasteiger partial charge in [-0.05, 0) is 0 Å². The van der Waals surface area contributed by atoms with E-state index < -0.39 is 12.0 Å². The fourth-order valence-electron chi connectivity index (χ4n) is 0.324. The van der Waals surface area contributed by atoms with Crippen molar-refractivity contribution in [2.45, 2.75) is 6.04 Å². The lowest BCUT2D eigenvalue weighted by Gasteiger charge is -2.03. The minimum atomic E-state index is -1.23. The van der Waals surface area contributed by atoms with Gasteiger partial charge in [-0.2, -0.15) is 0 Å². The summed E-state index contributed by atoms with van der Waals surface area (Å²) in [5.74, 6) is -1.25. The van der Waals surface area contributed by atoms with Crippen LogP contribution in [0.4, 0.5) is 0 Å². The molecule has 0 fully saturated rings. The number of quaternary nitrogens is 1. The predicted molar refractivity (Wildman–Crippen MR) is 30.9 cm³/mol. The highest BCUT2D eigenvalue weighted by atomic mass is 16.4. The molecule has 0 heterocycles. The van der Waals surface area contributed by atoms with Crippen LogP contribution in [0, 0.1) is 0 Å². The zero-order chi connectivity index (χ0) is 8.15. The molecule has 0 radical (unpaired) electrons. The molecule has 0 aliphatic carbocycles. The van der Waals surface area contributed by atoms with E-state index in [4.69, 9.17) is 11.5 Å². The molecule has 58 valence electrons. The Bertz CT molecular complexity index is 151. The van der Waals surface area contributed by atoms with E-state index in [2.05, 4.69) is 10.7 Å². The molecule has 0 saturated carbocycles. The Hall–Kier alpha value is -1.30. The highest BCUT2D eigenvalue weighted by Gasteiger charge is 2.05. The molecule has 0 aliphatic rings. The Morgan fingerprint density at radius 3 is 2.50 bits per heavy atom. The summed E-state index contributed by atoms with van der Waals surface area (Å²) in [6.45, 7) is 0.0880. The van der Waals surface area contributed by atoms with E-state index in [1.165, 1.54) is 0 Å². The van der Waals surface area contributed by atoms with Gasteiger partial charge in [0.05, 0.1) is 0 Å². The van der Waals surface area contributed by atoms with Gasteiger partial charge < -0.3 is 15.6 Å². The number of hydrogen-bond acceptors (Lipinski definition) is 2. The number of carbonyl (C=O) groups is 1. The number of carboxylic acid groups (broad SMARTS) is 1. The number of guanidine groups is 1. The highest BCUT2D eigenvalue weighted by Crippen LogP contribution is 1.58. The number of carbonyl (C=O) groups excluding carboxylic acids is 1. The van der Waals surface area contributed by atoms with Crippen LogP contribution in [0.5, 0.6) is 0 Å². The van der Waals surface area contributed by atoms with Crippen LogP contribution in [-0.4, -0.2) is 24.5 Å². The Balaban J connectivity index is 3.70. The van der Waals surface area contributed by atoms with Crippen LogP contribution in [0.1, 0.15) is 0 Å². The zero-order valence-electron chi connectivity index (χ0n) is 5.46. The van der Waals surface area contributed by atoms with Gasteiger partial charge in [-0.3, -0.25) is 16.5 Å². The average molecular weight is 147 g/mol. The first-order valence-corrected chi connectivity index (χ1v) is 2.69. The Morgan fingerprint density at radius 1 is 1.70 bits per heavy atom. The van der Waals surface area contributed by atoms with Crippen molar-refractivity contribution in [3.63, 3.8) is 0 Å². The molecule has 0 amide bonds. The summed E-state index contributed by atoms with van der Waals surface area (Å²) in [6, 6.07) is -0.831. The number of carboxylic acids is 1. The number of hydrogen-bond donors (Lipinski definition) is 4. The topological polar surface area (TPSA) is 134 Å². The monoisotopic (exact) mass is 147 g/mol. The molecule has 6 heteroatoms. The molecule has 0 rings (SSSR count). The molecule has 0 aromatic carbocycles. The third kappa shape index (κ3) is 3.67. The summed E-state index contributed by atoms with van der Waals surface area (Å²) >= 11 is 0. The second-order valence-corrected chi connectivity index (χ2v) is 1.85. The van der Waals surface area contributed by atoms with Gasteiger partial charge in [0.1, 0.15) is 12.5 Å². The van der Waals surface area contributed by atoms with Crippen LogP contribution >= 0.6 is 0 Å². The van der Waals surface area contributed by atoms with Gasteiger partial charge in [0.2, 0.25) is 0 Å². The van der Waals surface area contributed by atoms with Crippen LogP contribution in [0.25, 0.3) is 0 Å². The molecule has 0 aliphatic heterocycles. The third-order valence-corrected chi connectivity index (χ3v) is 0.886. The Labute approximate surface area is 57.7 Å². The third-order valence-electron chi connectivity index (χ3n) is 0.886. The maximum atomic E-state index is 10.0. The van der Waals surface area contributed by atoms with Gasteiger partial charge in [0.25, 0.3) is 0 Å². The predicted octanol–water partition coefficient (Wildman–Crippen LogP) is -6.30. The summed E-state index contributed by atoms with van der Waals surface area (Å²) < 4.78 is 0. The molecule has 0 aromatic rings. The molecule has 1 unspecified atom stereocenters. The van der Waals surface area contributed by atoms with Crippen molar-refractivity contribution in [2.24, 2.45) is 11.5 Å². The van der Waals surface area contributed by atoms with Gasteiger partial charge >= 0.3 is 5.96 Å². The fraction of sp³-hybridized carbons (Fsp3) is 0.500. The van der Waals surface area contributed by atoms with Crippen molar-refractivity contribution in [1.82, 2.24) is 0 Å². The normalized spacial score (nSPS) is 12.1. The van der Waals surface area contributed by atoms with Gasteiger partial charge in [-0.1, -0.05) is 0 Å². The number of rotatable bonds is 3. The van der Waals surface area contributed by atoms with Crippen LogP contribution in [0.15, 0.2) is 0 Å². The van der Waals surface area contributed by atoms with Crippen LogP contribution in [-0.2, 0) is 4.79 Å². The van der Waals surface area contributed by atoms with E-state index in [1.54, 1.807) is 0 Å². The van der Waals surface area contributed by atoms with Gasteiger partial charge in [-0.15, -0.1) is 0 Å². The maximum Gasteiger partial charge on any atom is 0.339 e. The quantitative estimate of drug-likeness (QED) is 0.233. The Morgan fingerprint density at radius 2 is 2.20 bits per heavy atom. The average Bonchev–Trinajstić information content (AvgIpc) is 1.82. The highest BCUT2D eigenvalue weighted by molar-refractivity contribution is 5.70. The lowest BCUT2D eigenvalue weighted by molar-refractivity contribution is -0.535. The van der Waals surface area contributed by atoms with Gasteiger partial charge in [0.15, 0.2) is 6.04 Å². The van der Waals surface area contributed by atoms with E-state index in [0.717, 1.165) is 0 Å². The van der Waals surface area contributed by atoms with E-state index in [9.17, 15) is 9.90 Å². The first-order chi connectivity index (χ1) is 4.54. The zero-order valence-corrected chi connectivity index (χ0v) is 5.46. The van der Waals surface area contributed by atoms with Crippen LogP contribution in [0.3, 0.4) is 0 Å². The Kier molecular flexibility index (Phi) is 3.20. The second kappa shape index (κ2) is 3.67. The first-order valence-electron chi connectivity index (χ1n) is 2.69. The summed E-state index contributed by atoms with van der Waals surface area (Å²) in [5.41, 5.74) is 13.2. The van der Waals surface area contributed by atoms with E-state index in [1.807, 2.05) is 0 Å². The minimum absolute atomic E-state index is 0.0186. The van der Waals surface area contributed by atoms with E-state index in [0.29, 0.717) is 0 Å². The molecule has 6 nitrogen and oxygen atoms in total. The SMILES string of the molecule is NC(N)=[NH+]CC([NH3+])C(=O)[O-]. The van der Waals surface area contributed by atoms with E-state index in [-0.39, 0.29) is 12.5 Å². The fourth-order valence-corrected chi connectivity index (χ4v) is 0.324. The van der Waals surface area contributed by atoms with Crippen molar-refractivity contribution >= 4 is 11.9 Å². The molecule has 0 saturated heterocycles. The maximum absolute atomic E-state index is 10.0. The van der Waals surface area contributed by atoms with Crippen molar-refractivity contribution in [3.05, 3.63) is 0 Å². The molecule has 0 spiro atoms. The molecule has 1 atom stereocenters. The number of nitrogens with two attached hydrogens (primary N) is 2. The smallest absolute Gasteiger partial charge is 0.339 e. The molecular formula is C4H11N4O2+. The number of nitrogens with one attached hydrogen (secondary N) is 1. The first kappa shape index (κ1) is 8.70. The lowest BCUT2D eigenvalue weighted by Crippen LogP contribution is -2.87. The van der Waals surface area contributed by atoms with Crippen molar-refractivity contribution < 1.29 is 20.6 Å². The largest absolute Gasteiger partial charge is 0.544 e. The summed E-state index contributed by atoms with van der Waals surface area (Å²) in [4.78, 5) is 12.4. The summed E-state index contributed by atoms with van der Waals surface area (Å²) in [7, 11) is 0. The van der Waals surface area contributed by atoms with Crippen molar-refractivity contribution in [3.8, 4) is 0 Å². The van der Waals surface area contributed by atoms with Crippen LogP contribution < -0.4 is 27.3 Å².